The maximum atomic E-state index is 9.46. The van der Waals surface area contributed by atoms with E-state index in [2.05, 4.69) is 30.3 Å². The van der Waals surface area contributed by atoms with Crippen LogP contribution >= 0.6 is 0 Å². The van der Waals surface area contributed by atoms with Gasteiger partial charge in [0, 0.05) is 26.2 Å². The molecule has 0 atom stereocenters. The lowest BCUT2D eigenvalue weighted by Crippen LogP contribution is -2.34. The van der Waals surface area contributed by atoms with Crippen molar-refractivity contribution in [1.29, 1.82) is 0 Å². The average molecular weight is 396 g/mol. The van der Waals surface area contributed by atoms with Crippen molar-refractivity contribution in [2.45, 2.75) is 45.4 Å². The molecule has 2 aromatic rings. The Hall–Kier alpha value is -2.90. The van der Waals surface area contributed by atoms with Gasteiger partial charge in [0.1, 0.15) is 5.75 Å². The standard InChI is InChI=1S/C21H29N7O/c1-16(17-8-10-18(29)11-9-17)25-26-19-22-20(27-12-4-2-5-13-27)24-21(23-19)28-14-6-3-7-15-28/h8-11,29H,2-7,12-15H2,1H3,(H,22,23,24,26)/b25-16-. The average Bonchev–Trinajstić information content (AvgIpc) is 2.79. The zero-order chi connectivity index (χ0) is 20.1. The van der Waals surface area contributed by atoms with Crippen molar-refractivity contribution >= 4 is 23.6 Å². The van der Waals surface area contributed by atoms with E-state index in [9.17, 15) is 5.11 Å². The molecule has 2 aliphatic heterocycles. The van der Waals surface area contributed by atoms with Crippen LogP contribution in [0.3, 0.4) is 0 Å². The van der Waals surface area contributed by atoms with E-state index in [4.69, 9.17) is 4.98 Å². The molecule has 0 unspecified atom stereocenters. The van der Waals surface area contributed by atoms with Crippen molar-refractivity contribution in [3.8, 4) is 5.75 Å². The molecule has 154 valence electrons. The van der Waals surface area contributed by atoms with E-state index in [0.29, 0.717) is 5.95 Å². The first kappa shape index (κ1) is 19.4. The first-order valence-electron chi connectivity index (χ1n) is 10.5. The van der Waals surface area contributed by atoms with Gasteiger partial charge in [0.2, 0.25) is 17.8 Å². The van der Waals surface area contributed by atoms with Crippen molar-refractivity contribution in [1.82, 2.24) is 15.0 Å². The Labute approximate surface area is 171 Å². The van der Waals surface area contributed by atoms with E-state index in [-0.39, 0.29) is 5.75 Å². The van der Waals surface area contributed by atoms with Crippen LogP contribution in [0.25, 0.3) is 0 Å². The lowest BCUT2D eigenvalue weighted by atomic mass is 10.1. The third kappa shape index (κ3) is 4.93. The van der Waals surface area contributed by atoms with Crippen LogP contribution in [0, 0.1) is 0 Å². The molecule has 1 aromatic carbocycles. The molecule has 2 aliphatic rings. The topological polar surface area (TPSA) is 89.8 Å². The summed E-state index contributed by atoms with van der Waals surface area (Å²) in [5.74, 6) is 2.18. The molecule has 2 N–H and O–H groups in total. The van der Waals surface area contributed by atoms with Crippen molar-refractivity contribution in [2.75, 3.05) is 41.4 Å². The van der Waals surface area contributed by atoms with Gasteiger partial charge >= 0.3 is 0 Å². The number of benzene rings is 1. The minimum Gasteiger partial charge on any atom is -0.508 e. The molecule has 8 nitrogen and oxygen atoms in total. The number of hydrazone groups is 1. The fraction of sp³-hybridized carbons (Fsp3) is 0.524. The number of rotatable bonds is 5. The van der Waals surface area contributed by atoms with Gasteiger partial charge in [-0.2, -0.15) is 20.1 Å². The predicted molar refractivity (Wildman–Crippen MR) is 116 cm³/mol. The summed E-state index contributed by atoms with van der Waals surface area (Å²) in [6.45, 7) is 5.85. The maximum Gasteiger partial charge on any atom is 0.250 e. The fourth-order valence-corrected chi connectivity index (χ4v) is 3.78. The third-order valence-corrected chi connectivity index (χ3v) is 5.50. The van der Waals surface area contributed by atoms with Crippen LogP contribution in [-0.2, 0) is 0 Å². The van der Waals surface area contributed by atoms with Crippen LogP contribution < -0.4 is 15.2 Å². The molecule has 0 radical (unpaired) electrons. The molecular formula is C21H29N7O. The zero-order valence-electron chi connectivity index (χ0n) is 17.0. The molecule has 4 rings (SSSR count). The van der Waals surface area contributed by atoms with Crippen LogP contribution in [0.4, 0.5) is 17.8 Å². The van der Waals surface area contributed by atoms with Crippen LogP contribution in [0.15, 0.2) is 29.4 Å². The van der Waals surface area contributed by atoms with Gasteiger partial charge in [0.05, 0.1) is 5.71 Å². The van der Waals surface area contributed by atoms with E-state index in [1.165, 1.54) is 38.5 Å². The van der Waals surface area contributed by atoms with Crippen LogP contribution in [-0.4, -0.2) is 51.9 Å². The highest BCUT2D eigenvalue weighted by molar-refractivity contribution is 5.99. The Bertz CT molecular complexity index is 804. The Morgan fingerprint density at radius 2 is 1.34 bits per heavy atom. The van der Waals surface area contributed by atoms with Crippen molar-refractivity contribution in [2.24, 2.45) is 5.10 Å². The van der Waals surface area contributed by atoms with Gasteiger partial charge in [-0.25, -0.2) is 5.43 Å². The van der Waals surface area contributed by atoms with Gasteiger partial charge in [-0.05, 0) is 75.3 Å². The Balaban J connectivity index is 1.58. The summed E-state index contributed by atoms with van der Waals surface area (Å²) in [5, 5.41) is 13.9. The summed E-state index contributed by atoms with van der Waals surface area (Å²) in [5.41, 5.74) is 4.75. The number of anilines is 3. The van der Waals surface area contributed by atoms with Crippen molar-refractivity contribution < 1.29 is 5.11 Å². The Kier molecular flexibility index (Phi) is 6.07. The van der Waals surface area contributed by atoms with Crippen LogP contribution in [0.1, 0.15) is 51.0 Å². The number of aromatic nitrogens is 3. The van der Waals surface area contributed by atoms with E-state index in [1.54, 1.807) is 12.1 Å². The molecule has 0 spiro atoms. The first-order chi connectivity index (χ1) is 14.2. The summed E-state index contributed by atoms with van der Waals surface area (Å²) in [6, 6.07) is 6.98. The number of piperidine rings is 2. The van der Waals surface area contributed by atoms with Gasteiger partial charge in [-0.3, -0.25) is 0 Å². The van der Waals surface area contributed by atoms with E-state index < -0.39 is 0 Å². The lowest BCUT2D eigenvalue weighted by molar-refractivity contribution is 0.475. The largest absolute Gasteiger partial charge is 0.508 e. The molecule has 0 aliphatic carbocycles. The molecule has 2 fully saturated rings. The first-order valence-corrected chi connectivity index (χ1v) is 10.5. The van der Waals surface area contributed by atoms with Gasteiger partial charge in [0.15, 0.2) is 0 Å². The second-order valence-electron chi connectivity index (χ2n) is 7.71. The van der Waals surface area contributed by atoms with Crippen molar-refractivity contribution in [3.63, 3.8) is 0 Å². The number of nitrogens with zero attached hydrogens (tertiary/aromatic N) is 6. The Morgan fingerprint density at radius 1 is 0.828 bits per heavy atom. The minimum atomic E-state index is 0.240. The molecular weight excluding hydrogens is 366 g/mol. The molecule has 0 amide bonds. The highest BCUT2D eigenvalue weighted by atomic mass is 16.3. The van der Waals surface area contributed by atoms with Gasteiger partial charge in [0.25, 0.3) is 0 Å². The van der Waals surface area contributed by atoms with Gasteiger partial charge in [-0.1, -0.05) is 0 Å². The number of hydrogen-bond donors (Lipinski definition) is 2. The second-order valence-corrected chi connectivity index (χ2v) is 7.71. The van der Waals surface area contributed by atoms with Crippen LogP contribution in [0.5, 0.6) is 5.75 Å². The molecule has 0 bridgehead atoms. The number of aromatic hydroxyl groups is 1. The zero-order valence-corrected chi connectivity index (χ0v) is 17.0. The normalized spacial score (nSPS) is 18.0. The molecule has 29 heavy (non-hydrogen) atoms. The summed E-state index contributed by atoms with van der Waals surface area (Å²) in [7, 11) is 0. The summed E-state index contributed by atoms with van der Waals surface area (Å²) < 4.78 is 0. The van der Waals surface area contributed by atoms with Crippen LogP contribution in [0.2, 0.25) is 0 Å². The number of nitrogens with one attached hydrogen (secondary N) is 1. The monoisotopic (exact) mass is 395 g/mol. The number of phenols is 1. The third-order valence-electron chi connectivity index (χ3n) is 5.50. The lowest BCUT2D eigenvalue weighted by Gasteiger charge is -2.30. The predicted octanol–water partition coefficient (Wildman–Crippen LogP) is 3.39. The minimum absolute atomic E-state index is 0.240. The fourth-order valence-electron chi connectivity index (χ4n) is 3.78. The van der Waals surface area contributed by atoms with Crippen molar-refractivity contribution in [3.05, 3.63) is 29.8 Å². The maximum absolute atomic E-state index is 9.46. The molecule has 3 heterocycles. The van der Waals surface area contributed by atoms with E-state index >= 15 is 0 Å². The summed E-state index contributed by atoms with van der Waals surface area (Å²) in [4.78, 5) is 18.6. The van der Waals surface area contributed by atoms with Gasteiger partial charge in [-0.15, -0.1) is 0 Å². The highest BCUT2D eigenvalue weighted by Gasteiger charge is 2.20. The molecule has 1 aromatic heterocycles. The van der Waals surface area contributed by atoms with E-state index in [0.717, 1.165) is 49.4 Å². The highest BCUT2D eigenvalue weighted by Crippen LogP contribution is 2.22. The second kappa shape index (κ2) is 9.07. The SMILES string of the molecule is C/C(=N/Nc1nc(N2CCCCC2)nc(N2CCCCC2)n1)c1ccc(O)cc1. The summed E-state index contributed by atoms with van der Waals surface area (Å²) in [6.07, 6.45) is 7.22. The quantitative estimate of drug-likeness (QED) is 0.592. The molecule has 0 saturated carbocycles. The molecule has 8 heteroatoms. The number of hydrogen-bond acceptors (Lipinski definition) is 8. The summed E-state index contributed by atoms with van der Waals surface area (Å²) >= 11 is 0. The molecule has 2 saturated heterocycles. The smallest absolute Gasteiger partial charge is 0.250 e. The van der Waals surface area contributed by atoms with Gasteiger partial charge < -0.3 is 14.9 Å². The Morgan fingerprint density at radius 3 is 1.86 bits per heavy atom. The van der Waals surface area contributed by atoms with E-state index in [1.807, 2.05) is 19.1 Å². The number of phenolic OH excluding ortho intramolecular Hbond substituents is 1.